The number of phenols is 1. The second-order valence-corrected chi connectivity index (χ2v) is 7.59. The largest absolute Gasteiger partial charge is 0.507 e. The van der Waals surface area contributed by atoms with Crippen LogP contribution in [0.5, 0.6) is 5.75 Å². The van der Waals surface area contributed by atoms with Gasteiger partial charge in [-0.15, -0.1) is 11.6 Å². The molecule has 0 saturated heterocycles. The molecular formula is C20H25ClO. The molecule has 1 nitrogen and oxygen atoms in total. The average Bonchev–Trinajstić information content (AvgIpc) is 2.77. The number of phenolic OH excluding ortho intramolecular Hbond substituents is 1. The van der Waals surface area contributed by atoms with Gasteiger partial charge in [0.15, 0.2) is 0 Å². The van der Waals surface area contributed by atoms with Gasteiger partial charge in [0.25, 0.3) is 0 Å². The molecule has 2 heteroatoms. The normalized spacial score (nSPS) is 22.0. The summed E-state index contributed by atoms with van der Waals surface area (Å²) >= 11 is 6.49. The van der Waals surface area contributed by atoms with Crippen molar-refractivity contribution in [3.05, 3.63) is 40.5 Å². The predicted molar refractivity (Wildman–Crippen MR) is 95.4 cm³/mol. The summed E-state index contributed by atoms with van der Waals surface area (Å²) in [4.78, 5) is 0. The molecule has 22 heavy (non-hydrogen) atoms. The van der Waals surface area contributed by atoms with E-state index in [1.54, 1.807) is 0 Å². The van der Waals surface area contributed by atoms with E-state index in [0.717, 1.165) is 24.6 Å². The Bertz CT molecular complexity index is 717. The summed E-state index contributed by atoms with van der Waals surface area (Å²) in [5.74, 6) is 1.27. The van der Waals surface area contributed by atoms with E-state index in [-0.39, 0.29) is 5.38 Å². The summed E-state index contributed by atoms with van der Waals surface area (Å²) in [7, 11) is 0. The number of hydrogen-bond donors (Lipinski definition) is 1. The second kappa shape index (κ2) is 5.77. The standard InChI is InChI=1S/C20H25ClO/c1-5-6-14-7-12(3)19-17(9-14)18(22)10-15-11(2)8-16(13(4)21)20(15)19/h7,9-11,13,16,22H,5-6,8H2,1-4H3. The molecule has 118 valence electrons. The first-order chi connectivity index (χ1) is 10.4. The number of hydrogen-bond acceptors (Lipinski definition) is 1. The number of fused-ring (bicyclic) bond motifs is 3. The van der Waals surface area contributed by atoms with Crippen molar-refractivity contribution in [2.75, 3.05) is 0 Å². The van der Waals surface area contributed by atoms with Crippen LogP contribution in [0.3, 0.4) is 0 Å². The van der Waals surface area contributed by atoms with Gasteiger partial charge in [-0.1, -0.05) is 26.3 Å². The Morgan fingerprint density at radius 2 is 2.05 bits per heavy atom. The van der Waals surface area contributed by atoms with Gasteiger partial charge < -0.3 is 5.11 Å². The molecule has 0 radical (unpaired) electrons. The van der Waals surface area contributed by atoms with Crippen LogP contribution in [-0.2, 0) is 6.42 Å². The van der Waals surface area contributed by atoms with Crippen molar-refractivity contribution in [2.45, 2.75) is 64.2 Å². The van der Waals surface area contributed by atoms with Gasteiger partial charge in [0.05, 0.1) is 0 Å². The fourth-order valence-electron chi connectivity index (χ4n) is 4.15. The third-order valence-corrected chi connectivity index (χ3v) is 5.45. The Morgan fingerprint density at radius 1 is 1.32 bits per heavy atom. The van der Waals surface area contributed by atoms with Gasteiger partial charge >= 0.3 is 0 Å². The van der Waals surface area contributed by atoms with E-state index in [1.807, 2.05) is 6.07 Å². The van der Waals surface area contributed by atoms with Gasteiger partial charge in [-0.2, -0.15) is 0 Å². The first kappa shape index (κ1) is 15.7. The zero-order valence-electron chi connectivity index (χ0n) is 13.9. The van der Waals surface area contributed by atoms with Crippen LogP contribution < -0.4 is 0 Å². The molecule has 3 unspecified atom stereocenters. The van der Waals surface area contributed by atoms with Gasteiger partial charge in [-0.3, -0.25) is 0 Å². The zero-order chi connectivity index (χ0) is 16.0. The Labute approximate surface area is 138 Å². The number of rotatable bonds is 3. The molecule has 1 N–H and O–H groups in total. The first-order valence-electron chi connectivity index (χ1n) is 8.37. The minimum Gasteiger partial charge on any atom is -0.507 e. The van der Waals surface area contributed by atoms with Crippen molar-refractivity contribution in [2.24, 2.45) is 0 Å². The monoisotopic (exact) mass is 316 g/mol. The van der Waals surface area contributed by atoms with Crippen molar-refractivity contribution < 1.29 is 5.11 Å². The lowest BCUT2D eigenvalue weighted by atomic mass is 9.88. The van der Waals surface area contributed by atoms with Gasteiger partial charge in [-0.25, -0.2) is 0 Å². The van der Waals surface area contributed by atoms with Crippen LogP contribution in [0.1, 0.15) is 67.7 Å². The summed E-state index contributed by atoms with van der Waals surface area (Å²) in [6, 6.07) is 6.43. The molecule has 2 aromatic carbocycles. The Hall–Kier alpha value is -1.21. The summed E-state index contributed by atoms with van der Waals surface area (Å²) in [6.07, 6.45) is 3.25. The minimum atomic E-state index is 0.117. The molecule has 0 amide bonds. The number of benzene rings is 2. The molecule has 0 fully saturated rings. The highest BCUT2D eigenvalue weighted by Gasteiger charge is 2.34. The maximum Gasteiger partial charge on any atom is 0.123 e. The third kappa shape index (κ3) is 2.40. The van der Waals surface area contributed by atoms with E-state index >= 15 is 0 Å². The average molecular weight is 317 g/mol. The predicted octanol–water partition coefficient (Wildman–Crippen LogP) is 6.02. The van der Waals surface area contributed by atoms with Crippen LogP contribution in [0.25, 0.3) is 10.8 Å². The van der Waals surface area contributed by atoms with Crippen LogP contribution in [0.4, 0.5) is 0 Å². The summed E-state index contributed by atoms with van der Waals surface area (Å²) < 4.78 is 0. The molecule has 0 spiro atoms. The second-order valence-electron chi connectivity index (χ2n) is 6.90. The first-order valence-corrected chi connectivity index (χ1v) is 8.80. The smallest absolute Gasteiger partial charge is 0.123 e. The van der Waals surface area contributed by atoms with Crippen LogP contribution in [-0.4, -0.2) is 10.5 Å². The topological polar surface area (TPSA) is 20.2 Å². The molecule has 0 heterocycles. The molecule has 3 rings (SSSR count). The number of aryl methyl sites for hydroxylation is 2. The van der Waals surface area contributed by atoms with Gasteiger partial charge in [0.2, 0.25) is 0 Å². The van der Waals surface area contributed by atoms with Crippen LogP contribution in [0.15, 0.2) is 18.2 Å². The van der Waals surface area contributed by atoms with Crippen molar-refractivity contribution in [3.63, 3.8) is 0 Å². The van der Waals surface area contributed by atoms with Crippen molar-refractivity contribution in [1.29, 1.82) is 0 Å². The van der Waals surface area contributed by atoms with Gasteiger partial charge in [-0.05, 0) is 72.4 Å². The maximum atomic E-state index is 10.6. The molecule has 1 aliphatic carbocycles. The Morgan fingerprint density at radius 3 is 2.68 bits per heavy atom. The maximum absolute atomic E-state index is 10.6. The summed E-state index contributed by atoms with van der Waals surface area (Å²) in [5, 5.41) is 12.9. The van der Waals surface area contributed by atoms with E-state index in [9.17, 15) is 5.11 Å². The van der Waals surface area contributed by atoms with Crippen LogP contribution in [0.2, 0.25) is 0 Å². The molecule has 0 bridgehead atoms. The lowest BCUT2D eigenvalue weighted by Crippen LogP contribution is -2.07. The van der Waals surface area contributed by atoms with Gasteiger partial charge in [0, 0.05) is 16.7 Å². The van der Waals surface area contributed by atoms with E-state index in [0.29, 0.717) is 17.6 Å². The summed E-state index contributed by atoms with van der Waals surface area (Å²) in [6.45, 7) is 8.69. The summed E-state index contributed by atoms with van der Waals surface area (Å²) in [5.41, 5.74) is 5.24. The Kier molecular flexibility index (Phi) is 4.11. The Balaban J connectivity index is 2.33. The zero-order valence-corrected chi connectivity index (χ0v) is 14.7. The van der Waals surface area contributed by atoms with E-state index < -0.39 is 0 Å². The van der Waals surface area contributed by atoms with Gasteiger partial charge in [0.1, 0.15) is 5.75 Å². The SMILES string of the molecule is CCCc1cc(C)c2c3c(cc(O)c2c1)C(C)CC3C(C)Cl. The molecule has 3 atom stereocenters. The molecule has 0 saturated carbocycles. The highest BCUT2D eigenvalue weighted by Crippen LogP contribution is 2.50. The van der Waals surface area contributed by atoms with Crippen LogP contribution >= 0.6 is 11.6 Å². The van der Waals surface area contributed by atoms with Crippen molar-refractivity contribution >= 4 is 22.4 Å². The van der Waals surface area contributed by atoms with Crippen molar-refractivity contribution in [1.82, 2.24) is 0 Å². The lowest BCUT2D eigenvalue weighted by molar-refractivity contribution is 0.480. The number of halogens is 1. The molecule has 1 aliphatic rings. The minimum absolute atomic E-state index is 0.117. The third-order valence-electron chi connectivity index (χ3n) is 5.15. The van der Waals surface area contributed by atoms with E-state index in [1.165, 1.54) is 27.6 Å². The lowest BCUT2D eigenvalue weighted by Gasteiger charge is -2.19. The fraction of sp³-hybridized carbons (Fsp3) is 0.500. The molecule has 0 aliphatic heterocycles. The molecule has 2 aromatic rings. The fourth-order valence-corrected chi connectivity index (χ4v) is 4.38. The number of alkyl halides is 1. The van der Waals surface area contributed by atoms with Crippen LogP contribution in [0, 0.1) is 6.92 Å². The van der Waals surface area contributed by atoms with Crippen molar-refractivity contribution in [3.8, 4) is 5.75 Å². The molecule has 0 aromatic heterocycles. The van der Waals surface area contributed by atoms with E-state index in [4.69, 9.17) is 11.6 Å². The van der Waals surface area contributed by atoms with E-state index in [2.05, 4.69) is 39.8 Å². The number of aromatic hydroxyl groups is 1. The highest BCUT2D eigenvalue weighted by molar-refractivity contribution is 6.21. The highest BCUT2D eigenvalue weighted by atomic mass is 35.5. The molecular weight excluding hydrogens is 292 g/mol. The quantitative estimate of drug-likeness (QED) is 0.686.